The summed E-state index contributed by atoms with van der Waals surface area (Å²) in [6.07, 6.45) is 6.77. The Morgan fingerprint density at radius 1 is 1.06 bits per heavy atom. The number of Topliss-reactive ketones (excluding diaryl/α,β-unsaturated/α-hetero) is 1. The lowest BCUT2D eigenvalue weighted by molar-refractivity contribution is 0.0826. The number of rotatable bonds is 7. The van der Waals surface area contributed by atoms with Gasteiger partial charge in [-0.3, -0.25) is 19.7 Å². The maximum Gasteiger partial charge on any atom is 0.174 e. The van der Waals surface area contributed by atoms with Crippen LogP contribution in [0.4, 0.5) is 4.39 Å². The molecule has 2 atom stereocenters. The van der Waals surface area contributed by atoms with E-state index in [0.29, 0.717) is 17.5 Å². The average Bonchev–Trinajstić information content (AvgIpc) is 3.40. The molecule has 0 N–H and O–H groups in total. The number of ketones is 1. The van der Waals surface area contributed by atoms with Gasteiger partial charge >= 0.3 is 0 Å². The van der Waals surface area contributed by atoms with E-state index < -0.39 is 5.82 Å². The number of hydrogen-bond donors (Lipinski definition) is 0. The van der Waals surface area contributed by atoms with Crippen LogP contribution < -0.4 is 0 Å². The molecule has 5 rings (SSSR count). The summed E-state index contributed by atoms with van der Waals surface area (Å²) < 4.78 is 13.7. The van der Waals surface area contributed by atoms with Crippen LogP contribution in [0.5, 0.6) is 0 Å². The molecule has 1 aliphatic rings. The van der Waals surface area contributed by atoms with Gasteiger partial charge < -0.3 is 4.84 Å². The van der Waals surface area contributed by atoms with Crippen molar-refractivity contribution in [3.63, 3.8) is 0 Å². The molecular formula is C29H25FN4O2. The van der Waals surface area contributed by atoms with Crippen molar-refractivity contribution in [2.24, 2.45) is 5.16 Å². The number of aromatic nitrogens is 3. The monoisotopic (exact) mass is 480 g/mol. The topological polar surface area (TPSA) is 77.3 Å². The van der Waals surface area contributed by atoms with E-state index in [0.717, 1.165) is 40.0 Å². The summed E-state index contributed by atoms with van der Waals surface area (Å²) in [5.41, 5.74) is 6.22. The fourth-order valence-electron chi connectivity index (χ4n) is 4.23. The molecular weight excluding hydrogens is 455 g/mol. The van der Waals surface area contributed by atoms with Crippen LogP contribution in [0.1, 0.15) is 64.5 Å². The summed E-state index contributed by atoms with van der Waals surface area (Å²) in [6.45, 7) is 3.88. The molecule has 36 heavy (non-hydrogen) atoms. The molecule has 180 valence electrons. The van der Waals surface area contributed by atoms with Crippen LogP contribution in [0, 0.1) is 12.7 Å². The molecule has 0 bridgehead atoms. The first-order valence-electron chi connectivity index (χ1n) is 11.8. The van der Waals surface area contributed by atoms with Gasteiger partial charge in [0.2, 0.25) is 0 Å². The Morgan fingerprint density at radius 2 is 1.92 bits per heavy atom. The number of pyridine rings is 3. The number of carbonyl (C=O) groups is 1. The smallest absolute Gasteiger partial charge is 0.174 e. The molecule has 4 heterocycles. The van der Waals surface area contributed by atoms with Crippen molar-refractivity contribution in [2.45, 2.75) is 38.7 Å². The van der Waals surface area contributed by atoms with Gasteiger partial charge in [-0.15, -0.1) is 0 Å². The number of oxime groups is 1. The van der Waals surface area contributed by atoms with E-state index in [-0.39, 0.29) is 24.2 Å². The second-order valence-electron chi connectivity index (χ2n) is 9.08. The highest BCUT2D eigenvalue weighted by molar-refractivity contribution is 6.05. The van der Waals surface area contributed by atoms with Crippen LogP contribution in [-0.4, -0.2) is 26.4 Å². The zero-order valence-electron chi connectivity index (χ0n) is 20.1. The highest BCUT2D eigenvalue weighted by Gasteiger charge is 2.26. The molecule has 0 amide bonds. The van der Waals surface area contributed by atoms with Crippen LogP contribution >= 0.6 is 0 Å². The third kappa shape index (κ3) is 5.20. The lowest BCUT2D eigenvalue weighted by Crippen LogP contribution is -2.09. The lowest BCUT2D eigenvalue weighted by Gasteiger charge is -2.13. The van der Waals surface area contributed by atoms with E-state index in [1.165, 1.54) is 6.07 Å². The molecule has 0 spiro atoms. The Bertz CT molecular complexity index is 1420. The molecule has 6 nitrogen and oxygen atoms in total. The second-order valence-corrected chi connectivity index (χ2v) is 9.08. The molecule has 0 saturated heterocycles. The quantitative estimate of drug-likeness (QED) is 0.293. The summed E-state index contributed by atoms with van der Waals surface area (Å²) in [5.74, 6) is -0.656. The van der Waals surface area contributed by atoms with E-state index in [1.807, 2.05) is 62.4 Å². The minimum atomic E-state index is -0.414. The van der Waals surface area contributed by atoms with Gasteiger partial charge in [-0.1, -0.05) is 24.2 Å². The van der Waals surface area contributed by atoms with Crippen molar-refractivity contribution in [3.05, 3.63) is 113 Å². The van der Waals surface area contributed by atoms with Crippen LogP contribution in [0.15, 0.2) is 84.5 Å². The van der Waals surface area contributed by atoms with Gasteiger partial charge in [-0.2, -0.15) is 0 Å². The molecule has 7 heteroatoms. The van der Waals surface area contributed by atoms with E-state index in [2.05, 4.69) is 20.1 Å². The summed E-state index contributed by atoms with van der Waals surface area (Å²) in [6, 6.07) is 16.7. The molecule has 0 fully saturated rings. The highest BCUT2D eigenvalue weighted by atomic mass is 19.1. The minimum Gasteiger partial charge on any atom is -0.385 e. The van der Waals surface area contributed by atoms with Crippen LogP contribution in [0.25, 0.3) is 11.3 Å². The number of carbonyl (C=O) groups excluding carboxylic acids is 1. The second kappa shape index (κ2) is 10.2. The van der Waals surface area contributed by atoms with Crippen molar-refractivity contribution in [1.29, 1.82) is 0 Å². The van der Waals surface area contributed by atoms with Crippen molar-refractivity contribution in [2.75, 3.05) is 0 Å². The Hall–Kier alpha value is -4.26. The first-order chi connectivity index (χ1) is 17.5. The summed E-state index contributed by atoms with van der Waals surface area (Å²) >= 11 is 0. The van der Waals surface area contributed by atoms with E-state index in [1.54, 1.807) is 18.6 Å². The Morgan fingerprint density at radius 3 is 2.67 bits per heavy atom. The third-order valence-electron chi connectivity index (χ3n) is 6.27. The number of hydrogen-bond acceptors (Lipinski definition) is 6. The predicted octanol–water partition coefficient (Wildman–Crippen LogP) is 6.23. The normalized spacial score (nSPS) is 15.8. The summed E-state index contributed by atoms with van der Waals surface area (Å²) in [5, 5.41) is 4.33. The molecule has 4 aromatic rings. The van der Waals surface area contributed by atoms with Crippen molar-refractivity contribution in [1.82, 2.24) is 15.0 Å². The molecule has 0 radical (unpaired) electrons. The van der Waals surface area contributed by atoms with Gasteiger partial charge in [-0.05, 0) is 66.4 Å². The van der Waals surface area contributed by atoms with Gasteiger partial charge in [0.05, 0.1) is 23.3 Å². The van der Waals surface area contributed by atoms with Crippen molar-refractivity contribution >= 4 is 11.5 Å². The molecule has 0 unspecified atom stereocenters. The highest BCUT2D eigenvalue weighted by Crippen LogP contribution is 2.31. The standard InChI is InChI=1S/C29H25FN4O2/c1-18-6-7-25(33-15-18)20-10-21(27-14-29(36-34-27)26-5-3-4-8-32-26)12-22(11-20)28(35)9-19(2)23-13-24(30)17-31-16-23/h3-8,10-13,15-17,19,29H,9,14H2,1-2H3/t19-,29-/m0/s1. The summed E-state index contributed by atoms with van der Waals surface area (Å²) in [4.78, 5) is 31.9. The van der Waals surface area contributed by atoms with Gasteiger partial charge in [0.15, 0.2) is 11.9 Å². The maximum atomic E-state index is 13.7. The molecule has 1 aliphatic heterocycles. The number of nitrogens with zero attached hydrogens (tertiary/aromatic N) is 4. The SMILES string of the molecule is Cc1ccc(-c2cc(C(=O)C[C@H](C)c3cncc(F)c3)cc(C3=NO[C@H](c4ccccn4)C3)c2)nc1. The van der Waals surface area contributed by atoms with E-state index >= 15 is 0 Å². The predicted molar refractivity (Wildman–Crippen MR) is 135 cm³/mol. The number of aryl methyl sites for hydroxylation is 1. The Kier molecular flexibility index (Phi) is 6.62. The first kappa shape index (κ1) is 23.5. The van der Waals surface area contributed by atoms with Gasteiger partial charge in [0.1, 0.15) is 5.82 Å². The first-order valence-corrected chi connectivity index (χ1v) is 11.8. The average molecular weight is 481 g/mol. The minimum absolute atomic E-state index is 0.0530. The van der Waals surface area contributed by atoms with Gasteiger partial charge in [-0.25, -0.2) is 4.39 Å². The van der Waals surface area contributed by atoms with Crippen LogP contribution in [0.3, 0.4) is 0 Å². The molecule has 0 saturated carbocycles. The van der Waals surface area contributed by atoms with E-state index in [9.17, 15) is 9.18 Å². The van der Waals surface area contributed by atoms with E-state index in [4.69, 9.17) is 4.84 Å². The van der Waals surface area contributed by atoms with Crippen LogP contribution in [-0.2, 0) is 4.84 Å². The fourth-order valence-corrected chi connectivity index (χ4v) is 4.23. The molecule has 1 aromatic carbocycles. The largest absolute Gasteiger partial charge is 0.385 e. The molecule has 0 aliphatic carbocycles. The van der Waals surface area contributed by atoms with Gasteiger partial charge in [0, 0.05) is 48.1 Å². The maximum absolute atomic E-state index is 13.7. The lowest BCUT2D eigenvalue weighted by atomic mass is 9.91. The Labute approximate surface area is 208 Å². The van der Waals surface area contributed by atoms with Crippen molar-refractivity contribution in [3.8, 4) is 11.3 Å². The molecule has 3 aromatic heterocycles. The number of halogens is 1. The number of benzene rings is 1. The Balaban J connectivity index is 1.46. The van der Waals surface area contributed by atoms with Crippen LogP contribution in [0.2, 0.25) is 0 Å². The third-order valence-corrected chi connectivity index (χ3v) is 6.27. The van der Waals surface area contributed by atoms with Gasteiger partial charge in [0.25, 0.3) is 0 Å². The zero-order chi connectivity index (χ0) is 25.1. The fraction of sp³-hybridized carbons (Fsp3) is 0.207. The van der Waals surface area contributed by atoms with Crippen molar-refractivity contribution < 1.29 is 14.0 Å². The zero-order valence-corrected chi connectivity index (χ0v) is 20.1. The summed E-state index contributed by atoms with van der Waals surface area (Å²) in [7, 11) is 0.